The molecule has 5 nitrogen and oxygen atoms in total. The lowest BCUT2D eigenvalue weighted by molar-refractivity contribution is -0.138. The van der Waals surface area contributed by atoms with Crippen LogP contribution in [0.3, 0.4) is 0 Å². The summed E-state index contributed by atoms with van der Waals surface area (Å²) < 4.78 is 0. The van der Waals surface area contributed by atoms with Crippen molar-refractivity contribution in [3.8, 4) is 11.5 Å². The van der Waals surface area contributed by atoms with Crippen LogP contribution in [-0.2, 0) is 11.2 Å². The minimum atomic E-state index is -1.04. The van der Waals surface area contributed by atoms with Gasteiger partial charge in [0.15, 0.2) is 6.04 Å². The van der Waals surface area contributed by atoms with Crippen molar-refractivity contribution in [3.63, 3.8) is 0 Å². The lowest BCUT2D eigenvalue weighted by Crippen LogP contribution is -2.22. The molecule has 1 atom stereocenters. The largest absolute Gasteiger partial charge is 0.508 e. The number of phenolic OH excluding ortho intramolecular Hbond substituents is 2. The summed E-state index contributed by atoms with van der Waals surface area (Å²) in [6.45, 7) is 1.61. The Balaban J connectivity index is 2.29. The molecule has 0 saturated heterocycles. The summed E-state index contributed by atoms with van der Waals surface area (Å²) in [5.41, 5.74) is 1.54. The molecule has 0 radical (unpaired) electrons. The topological polar surface area (TPSA) is 90.1 Å². The summed E-state index contributed by atoms with van der Waals surface area (Å²) in [6, 6.07) is 12.3. The van der Waals surface area contributed by atoms with Gasteiger partial charge in [-0.3, -0.25) is 4.99 Å². The van der Waals surface area contributed by atoms with Crippen LogP contribution in [0.25, 0.3) is 0 Å². The van der Waals surface area contributed by atoms with Crippen molar-refractivity contribution in [1.82, 2.24) is 0 Å². The number of hydrogen-bond donors (Lipinski definition) is 3. The summed E-state index contributed by atoms with van der Waals surface area (Å²) in [6.07, 6.45) is 0.257. The number of aromatic hydroxyl groups is 2. The smallest absolute Gasteiger partial charge is 0.328 e. The number of nitrogens with zero attached hydrogens (tertiary/aromatic N) is 1. The average Bonchev–Trinajstić information content (AvgIpc) is 2.50. The number of hydrogen-bond acceptors (Lipinski definition) is 4. The molecule has 2 aromatic rings. The first-order valence-electron chi connectivity index (χ1n) is 6.81. The van der Waals surface area contributed by atoms with Gasteiger partial charge < -0.3 is 15.3 Å². The summed E-state index contributed by atoms with van der Waals surface area (Å²) >= 11 is 0. The van der Waals surface area contributed by atoms with Gasteiger partial charge in [-0.25, -0.2) is 4.79 Å². The quantitative estimate of drug-likeness (QED) is 0.584. The van der Waals surface area contributed by atoms with Crippen molar-refractivity contribution >= 4 is 11.7 Å². The highest BCUT2D eigenvalue weighted by molar-refractivity contribution is 6.02. The van der Waals surface area contributed by atoms with E-state index < -0.39 is 12.0 Å². The SMILES string of the molecule is CC(=NC(Cc1ccccc1)C(=O)O)c1cc(O)ccc1O. The van der Waals surface area contributed by atoms with Crippen molar-refractivity contribution in [3.05, 3.63) is 59.7 Å². The van der Waals surface area contributed by atoms with Crippen molar-refractivity contribution in [2.45, 2.75) is 19.4 Å². The van der Waals surface area contributed by atoms with Crippen LogP contribution in [0.5, 0.6) is 11.5 Å². The van der Waals surface area contributed by atoms with Crippen molar-refractivity contribution in [2.24, 2.45) is 4.99 Å². The monoisotopic (exact) mass is 299 g/mol. The summed E-state index contributed by atoms with van der Waals surface area (Å²) in [5.74, 6) is -1.11. The lowest BCUT2D eigenvalue weighted by atomic mass is 10.1. The predicted molar refractivity (Wildman–Crippen MR) is 83.6 cm³/mol. The summed E-state index contributed by atoms with van der Waals surface area (Å²) in [7, 11) is 0. The number of carbonyl (C=O) groups is 1. The zero-order valence-electron chi connectivity index (χ0n) is 12.1. The molecule has 0 aliphatic heterocycles. The maximum absolute atomic E-state index is 11.4. The highest BCUT2D eigenvalue weighted by Gasteiger charge is 2.18. The number of benzene rings is 2. The van der Waals surface area contributed by atoms with E-state index in [4.69, 9.17) is 0 Å². The van der Waals surface area contributed by atoms with Gasteiger partial charge in [0.05, 0.1) is 0 Å². The summed E-state index contributed by atoms with van der Waals surface area (Å²) in [5, 5.41) is 28.6. The van der Waals surface area contributed by atoms with Crippen LogP contribution >= 0.6 is 0 Å². The van der Waals surface area contributed by atoms with Gasteiger partial charge in [-0.2, -0.15) is 0 Å². The minimum Gasteiger partial charge on any atom is -0.508 e. The third-order valence-corrected chi connectivity index (χ3v) is 3.28. The Morgan fingerprint density at radius 1 is 1.14 bits per heavy atom. The van der Waals surface area contributed by atoms with Crippen LogP contribution in [-0.4, -0.2) is 33.0 Å². The van der Waals surface area contributed by atoms with E-state index in [1.807, 2.05) is 30.3 Å². The second kappa shape index (κ2) is 6.76. The average molecular weight is 299 g/mol. The van der Waals surface area contributed by atoms with Crippen LogP contribution in [0.15, 0.2) is 53.5 Å². The van der Waals surface area contributed by atoms with E-state index in [1.165, 1.54) is 18.2 Å². The van der Waals surface area contributed by atoms with Crippen molar-refractivity contribution < 1.29 is 20.1 Å². The fourth-order valence-electron chi connectivity index (χ4n) is 2.14. The number of carboxylic acid groups (broad SMARTS) is 1. The van der Waals surface area contributed by atoms with E-state index in [9.17, 15) is 20.1 Å². The molecule has 0 saturated carbocycles. The first kappa shape index (κ1) is 15.6. The van der Waals surface area contributed by atoms with Crippen LogP contribution < -0.4 is 0 Å². The molecule has 0 aliphatic carbocycles. The van der Waals surface area contributed by atoms with E-state index in [2.05, 4.69) is 4.99 Å². The van der Waals surface area contributed by atoms with Gasteiger partial charge in [-0.15, -0.1) is 0 Å². The molecule has 22 heavy (non-hydrogen) atoms. The van der Waals surface area contributed by atoms with Gasteiger partial charge >= 0.3 is 5.97 Å². The molecule has 114 valence electrons. The lowest BCUT2D eigenvalue weighted by Gasteiger charge is -2.11. The summed E-state index contributed by atoms with van der Waals surface area (Å²) in [4.78, 5) is 15.6. The van der Waals surface area contributed by atoms with Crippen LogP contribution in [0, 0.1) is 0 Å². The standard InChI is InChI=1S/C17H17NO4/c1-11(14-10-13(19)7-8-16(14)20)18-15(17(21)22)9-12-5-3-2-4-6-12/h2-8,10,15,19-20H,9H2,1H3,(H,21,22). The van der Waals surface area contributed by atoms with Crippen LogP contribution in [0.1, 0.15) is 18.1 Å². The second-order valence-corrected chi connectivity index (χ2v) is 4.96. The molecule has 1 unspecified atom stereocenters. The molecule has 0 fully saturated rings. The Morgan fingerprint density at radius 2 is 1.82 bits per heavy atom. The second-order valence-electron chi connectivity index (χ2n) is 4.96. The normalized spacial score (nSPS) is 12.9. The zero-order valence-corrected chi connectivity index (χ0v) is 12.1. The molecule has 3 N–H and O–H groups in total. The Hall–Kier alpha value is -2.82. The van der Waals surface area contributed by atoms with Crippen LogP contribution in [0.2, 0.25) is 0 Å². The van der Waals surface area contributed by atoms with Gasteiger partial charge in [-0.1, -0.05) is 30.3 Å². The van der Waals surface area contributed by atoms with E-state index in [0.717, 1.165) is 5.56 Å². The molecule has 0 aliphatic rings. The maximum atomic E-state index is 11.4. The molecule has 2 aromatic carbocycles. The van der Waals surface area contributed by atoms with E-state index in [0.29, 0.717) is 11.3 Å². The highest BCUT2D eigenvalue weighted by atomic mass is 16.4. The van der Waals surface area contributed by atoms with Crippen LogP contribution in [0.4, 0.5) is 0 Å². The molecule has 0 aromatic heterocycles. The first-order valence-corrected chi connectivity index (χ1v) is 6.81. The number of aliphatic imine (C=N–C) groups is 1. The third kappa shape index (κ3) is 3.85. The first-order chi connectivity index (χ1) is 10.5. The molecular formula is C17H17NO4. The van der Waals surface area contributed by atoms with Gasteiger partial charge in [0.2, 0.25) is 0 Å². The Bertz CT molecular complexity index is 695. The Labute approximate surface area is 128 Å². The fourth-order valence-corrected chi connectivity index (χ4v) is 2.14. The van der Waals surface area contributed by atoms with Crippen molar-refractivity contribution in [2.75, 3.05) is 0 Å². The number of aliphatic carboxylic acids is 1. The molecule has 2 rings (SSSR count). The van der Waals surface area contributed by atoms with E-state index in [1.54, 1.807) is 6.92 Å². The van der Waals surface area contributed by atoms with Gasteiger partial charge in [0, 0.05) is 17.7 Å². The molecule has 5 heteroatoms. The molecule has 0 amide bonds. The fraction of sp³-hybridized carbons (Fsp3) is 0.176. The Morgan fingerprint density at radius 3 is 2.45 bits per heavy atom. The van der Waals surface area contributed by atoms with Gasteiger partial charge in [0.1, 0.15) is 11.5 Å². The van der Waals surface area contributed by atoms with Gasteiger partial charge in [-0.05, 0) is 30.7 Å². The third-order valence-electron chi connectivity index (χ3n) is 3.28. The maximum Gasteiger partial charge on any atom is 0.328 e. The van der Waals surface area contributed by atoms with Crippen molar-refractivity contribution in [1.29, 1.82) is 0 Å². The number of carboxylic acids is 1. The molecule has 0 bridgehead atoms. The minimum absolute atomic E-state index is 0.0164. The van der Waals surface area contributed by atoms with E-state index in [-0.39, 0.29) is 17.9 Å². The molecular weight excluding hydrogens is 282 g/mol. The van der Waals surface area contributed by atoms with E-state index >= 15 is 0 Å². The highest BCUT2D eigenvalue weighted by Crippen LogP contribution is 2.23. The Kier molecular flexibility index (Phi) is 4.78. The number of rotatable bonds is 5. The number of phenols is 2. The molecule has 0 spiro atoms. The predicted octanol–water partition coefficient (Wildman–Crippen LogP) is 2.60. The zero-order chi connectivity index (χ0) is 16.1. The molecule has 0 heterocycles. The van der Waals surface area contributed by atoms with Gasteiger partial charge in [0.25, 0.3) is 0 Å².